The summed E-state index contributed by atoms with van der Waals surface area (Å²) >= 11 is 1.30. The lowest BCUT2D eigenvalue weighted by molar-refractivity contribution is -0.137. The van der Waals surface area contributed by atoms with Crippen molar-refractivity contribution in [2.24, 2.45) is 0 Å². The molecular formula is C18H15F3N2O3S2. The summed E-state index contributed by atoms with van der Waals surface area (Å²) in [7, 11) is -3.39. The van der Waals surface area contributed by atoms with Crippen molar-refractivity contribution >= 4 is 27.0 Å². The van der Waals surface area contributed by atoms with Gasteiger partial charge in [0.25, 0.3) is 0 Å². The number of aromatic nitrogens is 1. The van der Waals surface area contributed by atoms with Crippen LogP contribution in [0.25, 0.3) is 10.6 Å². The highest BCUT2D eigenvalue weighted by Gasteiger charge is 2.30. The number of sulfonamides is 1. The summed E-state index contributed by atoms with van der Waals surface area (Å²) in [5, 5.41) is 2.34. The molecular weight excluding hydrogens is 413 g/mol. The first kappa shape index (κ1) is 20.2. The van der Waals surface area contributed by atoms with E-state index in [0.29, 0.717) is 27.7 Å². The predicted molar refractivity (Wildman–Crippen MR) is 102 cm³/mol. The number of alkyl halides is 3. The molecule has 1 aromatic heterocycles. The van der Waals surface area contributed by atoms with Crippen LogP contribution in [0.1, 0.15) is 11.3 Å². The second-order valence-corrected chi connectivity index (χ2v) is 8.52. The van der Waals surface area contributed by atoms with Gasteiger partial charge < -0.3 is 4.74 Å². The first-order valence-electron chi connectivity index (χ1n) is 7.93. The Hall–Kier alpha value is -2.59. The largest absolute Gasteiger partial charge is 0.487 e. The van der Waals surface area contributed by atoms with Gasteiger partial charge in [0.1, 0.15) is 17.4 Å². The van der Waals surface area contributed by atoms with Crippen molar-refractivity contribution in [2.45, 2.75) is 12.8 Å². The van der Waals surface area contributed by atoms with Crippen LogP contribution in [-0.2, 0) is 22.8 Å². The third-order valence-corrected chi connectivity index (χ3v) is 5.08. The van der Waals surface area contributed by atoms with Gasteiger partial charge in [-0.15, -0.1) is 11.3 Å². The van der Waals surface area contributed by atoms with E-state index in [2.05, 4.69) is 9.71 Å². The topological polar surface area (TPSA) is 68.3 Å². The zero-order valence-electron chi connectivity index (χ0n) is 14.5. The van der Waals surface area contributed by atoms with Gasteiger partial charge in [0, 0.05) is 17.0 Å². The molecule has 1 heterocycles. The third-order valence-electron chi connectivity index (χ3n) is 3.53. The zero-order chi connectivity index (χ0) is 20.4. The molecule has 0 aliphatic carbocycles. The number of nitrogens with one attached hydrogen (secondary N) is 1. The van der Waals surface area contributed by atoms with Crippen LogP contribution in [0.2, 0.25) is 0 Å². The minimum Gasteiger partial charge on any atom is -0.487 e. The first-order valence-corrected chi connectivity index (χ1v) is 10.7. The van der Waals surface area contributed by atoms with Gasteiger partial charge >= 0.3 is 6.18 Å². The maximum Gasteiger partial charge on any atom is 0.416 e. The van der Waals surface area contributed by atoms with E-state index in [0.717, 1.165) is 18.4 Å². The average Bonchev–Trinajstić information content (AvgIpc) is 3.07. The normalized spacial score (nSPS) is 12.0. The molecule has 0 saturated heterocycles. The third kappa shape index (κ3) is 5.46. The van der Waals surface area contributed by atoms with Crippen LogP contribution in [0.4, 0.5) is 18.9 Å². The molecule has 0 amide bonds. The van der Waals surface area contributed by atoms with Crippen LogP contribution < -0.4 is 9.46 Å². The Bertz CT molecular complexity index is 1060. The van der Waals surface area contributed by atoms with Crippen molar-refractivity contribution in [1.29, 1.82) is 0 Å². The van der Waals surface area contributed by atoms with Gasteiger partial charge in [-0.3, -0.25) is 4.72 Å². The molecule has 28 heavy (non-hydrogen) atoms. The molecule has 148 valence electrons. The maximum atomic E-state index is 12.6. The predicted octanol–water partition coefficient (Wildman–Crippen LogP) is 4.78. The fourth-order valence-electron chi connectivity index (χ4n) is 2.33. The number of ether oxygens (including phenoxy) is 1. The summed E-state index contributed by atoms with van der Waals surface area (Å²) in [6, 6.07) is 11.3. The number of hydrogen-bond donors (Lipinski definition) is 1. The Morgan fingerprint density at radius 3 is 2.50 bits per heavy atom. The number of hydrogen-bond acceptors (Lipinski definition) is 5. The summed E-state index contributed by atoms with van der Waals surface area (Å²) in [5.74, 6) is 0.456. The fraction of sp³-hybridized carbons (Fsp3) is 0.167. The highest BCUT2D eigenvalue weighted by atomic mass is 32.2. The van der Waals surface area contributed by atoms with Crippen molar-refractivity contribution in [3.8, 4) is 16.3 Å². The van der Waals surface area contributed by atoms with Gasteiger partial charge in [0.05, 0.1) is 23.2 Å². The highest BCUT2D eigenvalue weighted by molar-refractivity contribution is 7.92. The lowest BCUT2D eigenvalue weighted by Gasteiger charge is -2.08. The number of halogens is 3. The maximum absolute atomic E-state index is 12.6. The van der Waals surface area contributed by atoms with Gasteiger partial charge in [-0.05, 0) is 24.3 Å². The molecule has 0 saturated carbocycles. The van der Waals surface area contributed by atoms with Gasteiger partial charge in [0.15, 0.2) is 0 Å². The minimum atomic E-state index is -4.37. The van der Waals surface area contributed by atoms with Crippen LogP contribution in [0.3, 0.4) is 0 Å². The smallest absolute Gasteiger partial charge is 0.416 e. The molecule has 5 nitrogen and oxygen atoms in total. The molecule has 3 rings (SSSR count). The monoisotopic (exact) mass is 428 g/mol. The van der Waals surface area contributed by atoms with Crippen LogP contribution in [0, 0.1) is 0 Å². The number of nitrogens with zero attached hydrogens (tertiary/aromatic N) is 1. The Kier molecular flexibility index (Phi) is 5.61. The van der Waals surface area contributed by atoms with Gasteiger partial charge in [-0.25, -0.2) is 13.4 Å². The van der Waals surface area contributed by atoms with Crippen molar-refractivity contribution in [3.63, 3.8) is 0 Å². The molecule has 0 fully saturated rings. The van der Waals surface area contributed by atoms with Crippen LogP contribution >= 0.6 is 11.3 Å². The lowest BCUT2D eigenvalue weighted by Crippen LogP contribution is -2.09. The van der Waals surface area contributed by atoms with E-state index >= 15 is 0 Å². The van der Waals surface area contributed by atoms with E-state index in [1.165, 1.54) is 23.5 Å². The molecule has 0 radical (unpaired) electrons. The SMILES string of the molecule is CS(=O)(=O)Nc1cccc(OCc2csc(-c3ccc(C(F)(F)F)cc3)n2)c1. The Morgan fingerprint density at radius 2 is 1.86 bits per heavy atom. The Balaban J connectivity index is 1.66. The summed E-state index contributed by atoms with van der Waals surface area (Å²) in [4.78, 5) is 4.37. The first-order chi connectivity index (χ1) is 13.1. The Labute approximate surface area is 163 Å². The second-order valence-electron chi connectivity index (χ2n) is 5.91. The van der Waals surface area contributed by atoms with E-state index in [1.807, 2.05) is 0 Å². The van der Waals surface area contributed by atoms with Crippen LogP contribution in [-0.4, -0.2) is 19.7 Å². The van der Waals surface area contributed by atoms with Gasteiger partial charge in [-0.1, -0.05) is 18.2 Å². The molecule has 0 atom stereocenters. The number of anilines is 1. The summed E-state index contributed by atoms with van der Waals surface area (Å²) < 4.78 is 68.5. The summed E-state index contributed by atoms with van der Waals surface area (Å²) in [6.45, 7) is 0.138. The van der Waals surface area contributed by atoms with Crippen molar-refractivity contribution in [1.82, 2.24) is 4.98 Å². The van der Waals surface area contributed by atoms with E-state index in [9.17, 15) is 21.6 Å². The Morgan fingerprint density at radius 1 is 1.14 bits per heavy atom. The van der Waals surface area contributed by atoms with Crippen LogP contribution in [0.15, 0.2) is 53.9 Å². The average molecular weight is 428 g/mol. The number of benzene rings is 2. The summed E-state index contributed by atoms with van der Waals surface area (Å²) in [6.07, 6.45) is -3.32. The molecule has 0 spiro atoms. The van der Waals surface area contributed by atoms with E-state index in [1.54, 1.807) is 29.6 Å². The highest BCUT2D eigenvalue weighted by Crippen LogP contribution is 2.32. The van der Waals surface area contributed by atoms with E-state index in [4.69, 9.17) is 4.74 Å². The van der Waals surface area contributed by atoms with Crippen molar-refractivity contribution in [2.75, 3.05) is 11.0 Å². The molecule has 0 aliphatic rings. The quantitative estimate of drug-likeness (QED) is 0.614. The van der Waals surface area contributed by atoms with Gasteiger partial charge in [0.2, 0.25) is 10.0 Å². The van der Waals surface area contributed by atoms with Crippen molar-refractivity contribution < 1.29 is 26.3 Å². The molecule has 10 heteroatoms. The standard InChI is InChI=1S/C18H15F3N2O3S2/c1-28(24,25)23-14-3-2-4-16(9-14)26-10-15-11-27-17(22-15)12-5-7-13(8-6-12)18(19,20)21/h2-9,11,23H,10H2,1H3. The van der Waals surface area contributed by atoms with E-state index < -0.39 is 21.8 Å². The molecule has 0 bridgehead atoms. The number of rotatable bonds is 6. The molecule has 1 N–H and O–H groups in total. The van der Waals surface area contributed by atoms with Crippen molar-refractivity contribution in [3.05, 3.63) is 65.2 Å². The summed E-state index contributed by atoms with van der Waals surface area (Å²) in [5.41, 5.74) is 0.868. The fourth-order valence-corrected chi connectivity index (χ4v) is 3.69. The minimum absolute atomic E-state index is 0.138. The molecule has 0 aliphatic heterocycles. The van der Waals surface area contributed by atoms with Crippen LogP contribution in [0.5, 0.6) is 5.75 Å². The molecule has 3 aromatic rings. The second kappa shape index (κ2) is 7.80. The zero-order valence-corrected chi connectivity index (χ0v) is 16.2. The molecule has 0 unspecified atom stereocenters. The lowest BCUT2D eigenvalue weighted by atomic mass is 10.1. The number of thiazole rings is 1. The molecule has 2 aromatic carbocycles. The van der Waals surface area contributed by atoms with Gasteiger partial charge in [-0.2, -0.15) is 13.2 Å². The van der Waals surface area contributed by atoms with E-state index in [-0.39, 0.29) is 6.61 Å².